The molecule has 0 bridgehead atoms. The second-order valence-electron chi connectivity index (χ2n) is 4.38. The minimum absolute atomic E-state index is 0.255. The maximum absolute atomic E-state index is 9.42. The zero-order chi connectivity index (χ0) is 9.83. The molecule has 2 nitrogen and oxygen atoms in total. The molecule has 12 heavy (non-hydrogen) atoms. The highest BCUT2D eigenvalue weighted by atomic mass is 32.2. The topological polar surface area (TPSA) is 32.3 Å². The molecule has 0 aromatic carbocycles. The van der Waals surface area contributed by atoms with E-state index < -0.39 is 5.60 Å². The van der Waals surface area contributed by atoms with Gasteiger partial charge in [-0.05, 0) is 34.0 Å². The van der Waals surface area contributed by atoms with Crippen LogP contribution < -0.4 is 5.32 Å². The van der Waals surface area contributed by atoms with Gasteiger partial charge in [0, 0.05) is 17.8 Å². The summed E-state index contributed by atoms with van der Waals surface area (Å²) in [6, 6.07) is 0. The van der Waals surface area contributed by atoms with Crippen LogP contribution in [-0.4, -0.2) is 34.8 Å². The van der Waals surface area contributed by atoms with Crippen LogP contribution in [0.25, 0.3) is 0 Å². The zero-order valence-corrected chi connectivity index (χ0v) is 9.59. The molecule has 0 aliphatic heterocycles. The molecule has 0 saturated heterocycles. The van der Waals surface area contributed by atoms with Gasteiger partial charge in [0.25, 0.3) is 0 Å². The molecule has 0 radical (unpaired) electrons. The van der Waals surface area contributed by atoms with Crippen LogP contribution in [0.1, 0.15) is 27.7 Å². The summed E-state index contributed by atoms with van der Waals surface area (Å²) in [5.41, 5.74) is -0.603. The first-order valence-electron chi connectivity index (χ1n) is 4.25. The first-order valence-corrected chi connectivity index (χ1v) is 5.47. The Bertz CT molecular complexity index is 129. The fourth-order valence-corrected chi connectivity index (χ4v) is 0.988. The van der Waals surface area contributed by atoms with E-state index in [2.05, 4.69) is 25.4 Å². The number of thioether (sulfide) groups is 1. The third kappa shape index (κ3) is 6.95. The van der Waals surface area contributed by atoms with E-state index in [1.165, 1.54) is 0 Å². The molecule has 0 saturated carbocycles. The Morgan fingerprint density at radius 3 is 2.00 bits per heavy atom. The Balaban J connectivity index is 3.57. The molecule has 0 aliphatic rings. The molecule has 0 unspecified atom stereocenters. The minimum atomic E-state index is -0.603. The third-order valence-electron chi connectivity index (χ3n) is 1.66. The van der Waals surface area contributed by atoms with Crippen molar-refractivity contribution in [2.75, 3.05) is 19.3 Å². The lowest BCUT2D eigenvalue weighted by Crippen LogP contribution is -2.40. The Labute approximate surface area is 80.1 Å². The summed E-state index contributed by atoms with van der Waals surface area (Å²) < 4.78 is 0.255. The summed E-state index contributed by atoms with van der Waals surface area (Å²) in [6.07, 6.45) is 2.10. The van der Waals surface area contributed by atoms with Gasteiger partial charge in [0.05, 0.1) is 5.60 Å². The first kappa shape index (κ1) is 12.3. The number of aliphatic hydroxyl groups is 1. The van der Waals surface area contributed by atoms with Crippen molar-refractivity contribution in [1.29, 1.82) is 0 Å². The van der Waals surface area contributed by atoms with Gasteiger partial charge in [0.2, 0.25) is 0 Å². The maximum Gasteiger partial charge on any atom is 0.0715 e. The molecule has 0 atom stereocenters. The van der Waals surface area contributed by atoms with Crippen LogP contribution in [0.3, 0.4) is 0 Å². The molecule has 0 spiro atoms. The molecule has 3 heteroatoms. The van der Waals surface area contributed by atoms with E-state index in [0.717, 1.165) is 6.54 Å². The average molecular weight is 191 g/mol. The fraction of sp³-hybridized carbons (Fsp3) is 1.00. The standard InChI is InChI=1S/C9H21NOS/c1-8(2,11)6-10-7-9(3,4)12-5/h10-11H,6-7H2,1-5H3. The fourth-order valence-electron chi connectivity index (χ4n) is 0.742. The van der Waals surface area contributed by atoms with Crippen LogP contribution in [0.5, 0.6) is 0 Å². The third-order valence-corrected chi connectivity index (χ3v) is 2.91. The Hall–Kier alpha value is 0.270. The van der Waals surface area contributed by atoms with Crippen LogP contribution in [-0.2, 0) is 0 Å². The lowest BCUT2D eigenvalue weighted by atomic mass is 10.1. The molecule has 0 amide bonds. The highest BCUT2D eigenvalue weighted by Gasteiger charge is 2.17. The van der Waals surface area contributed by atoms with E-state index >= 15 is 0 Å². The Kier molecular flexibility index (Phi) is 4.59. The van der Waals surface area contributed by atoms with Crippen molar-refractivity contribution in [3.63, 3.8) is 0 Å². The molecule has 0 aliphatic carbocycles. The van der Waals surface area contributed by atoms with E-state index in [1.54, 1.807) is 0 Å². The molecule has 0 heterocycles. The smallest absolute Gasteiger partial charge is 0.0715 e. The van der Waals surface area contributed by atoms with Crippen molar-refractivity contribution >= 4 is 11.8 Å². The highest BCUT2D eigenvalue weighted by molar-refractivity contribution is 7.99. The summed E-state index contributed by atoms with van der Waals surface area (Å²) in [4.78, 5) is 0. The molecular formula is C9H21NOS. The predicted molar refractivity (Wildman–Crippen MR) is 56.8 cm³/mol. The predicted octanol–water partition coefficient (Wildman–Crippen LogP) is 1.49. The summed E-state index contributed by atoms with van der Waals surface area (Å²) in [7, 11) is 0. The van der Waals surface area contributed by atoms with Crippen molar-refractivity contribution in [3.05, 3.63) is 0 Å². The van der Waals surface area contributed by atoms with Crippen LogP contribution >= 0.6 is 11.8 Å². The minimum Gasteiger partial charge on any atom is -0.389 e. The molecule has 74 valence electrons. The SMILES string of the molecule is CSC(C)(C)CNCC(C)(C)O. The van der Waals surface area contributed by atoms with Crippen LogP contribution in [0.2, 0.25) is 0 Å². The molecule has 0 aromatic heterocycles. The highest BCUT2D eigenvalue weighted by Crippen LogP contribution is 2.19. The molecule has 0 fully saturated rings. The largest absolute Gasteiger partial charge is 0.389 e. The van der Waals surface area contributed by atoms with Gasteiger partial charge in [0.15, 0.2) is 0 Å². The average Bonchev–Trinajstić information content (AvgIpc) is 1.84. The van der Waals surface area contributed by atoms with Crippen molar-refractivity contribution < 1.29 is 5.11 Å². The van der Waals surface area contributed by atoms with Crippen LogP contribution in [0.15, 0.2) is 0 Å². The molecule has 0 rings (SSSR count). The second-order valence-corrected chi connectivity index (χ2v) is 5.89. The normalized spacial score (nSPS) is 13.5. The van der Waals surface area contributed by atoms with Gasteiger partial charge in [-0.3, -0.25) is 0 Å². The van der Waals surface area contributed by atoms with Crippen molar-refractivity contribution in [3.8, 4) is 0 Å². The lowest BCUT2D eigenvalue weighted by molar-refractivity contribution is 0.0795. The van der Waals surface area contributed by atoms with Gasteiger partial charge >= 0.3 is 0 Å². The van der Waals surface area contributed by atoms with Crippen molar-refractivity contribution in [2.24, 2.45) is 0 Å². The van der Waals surface area contributed by atoms with E-state index in [1.807, 2.05) is 25.6 Å². The van der Waals surface area contributed by atoms with Gasteiger partial charge in [-0.15, -0.1) is 0 Å². The number of rotatable bonds is 5. The number of hydrogen-bond donors (Lipinski definition) is 2. The van der Waals surface area contributed by atoms with Gasteiger partial charge in [-0.25, -0.2) is 0 Å². The van der Waals surface area contributed by atoms with E-state index in [0.29, 0.717) is 6.54 Å². The first-order chi connectivity index (χ1) is 5.27. The summed E-state index contributed by atoms with van der Waals surface area (Å²) in [6.45, 7) is 9.58. The molecule has 2 N–H and O–H groups in total. The van der Waals surface area contributed by atoms with E-state index in [-0.39, 0.29) is 4.75 Å². The van der Waals surface area contributed by atoms with Crippen molar-refractivity contribution in [1.82, 2.24) is 5.32 Å². The summed E-state index contributed by atoms with van der Waals surface area (Å²) in [5.74, 6) is 0. The quantitative estimate of drug-likeness (QED) is 0.690. The van der Waals surface area contributed by atoms with Gasteiger partial charge in [0.1, 0.15) is 0 Å². The van der Waals surface area contributed by atoms with Gasteiger partial charge in [-0.2, -0.15) is 11.8 Å². The molecular weight excluding hydrogens is 170 g/mol. The number of hydrogen-bond acceptors (Lipinski definition) is 3. The zero-order valence-electron chi connectivity index (χ0n) is 8.77. The number of nitrogens with one attached hydrogen (secondary N) is 1. The monoisotopic (exact) mass is 191 g/mol. The Morgan fingerprint density at radius 1 is 1.17 bits per heavy atom. The summed E-state index contributed by atoms with van der Waals surface area (Å²) >= 11 is 1.83. The van der Waals surface area contributed by atoms with E-state index in [9.17, 15) is 5.11 Å². The molecule has 0 aromatic rings. The van der Waals surface area contributed by atoms with Crippen molar-refractivity contribution in [2.45, 2.75) is 38.0 Å². The van der Waals surface area contributed by atoms with Gasteiger partial charge in [-0.1, -0.05) is 0 Å². The lowest BCUT2D eigenvalue weighted by Gasteiger charge is -2.25. The van der Waals surface area contributed by atoms with Crippen LogP contribution in [0.4, 0.5) is 0 Å². The van der Waals surface area contributed by atoms with Crippen LogP contribution in [0, 0.1) is 0 Å². The van der Waals surface area contributed by atoms with Gasteiger partial charge < -0.3 is 10.4 Å². The van der Waals surface area contributed by atoms with E-state index in [4.69, 9.17) is 0 Å². The second kappa shape index (κ2) is 4.49. The Morgan fingerprint density at radius 2 is 1.67 bits per heavy atom. The summed E-state index contributed by atoms with van der Waals surface area (Å²) in [5, 5.41) is 12.7. The maximum atomic E-state index is 9.42.